The molecule has 0 unspecified atom stereocenters. The van der Waals surface area contributed by atoms with Gasteiger partial charge in [-0.3, -0.25) is 4.79 Å². The fourth-order valence-electron chi connectivity index (χ4n) is 1.76. The first-order valence-electron chi connectivity index (χ1n) is 6.93. The number of nitriles is 1. The largest absolute Gasteiger partial charge is 0.449 e. The number of rotatable bonds is 5. The Morgan fingerprint density at radius 2 is 2.08 bits per heavy atom. The number of para-hydroxylation sites is 1. The number of halogens is 1. The maximum absolute atomic E-state index is 12.1. The Kier molecular flexibility index (Phi) is 6.29. The van der Waals surface area contributed by atoms with Crippen LogP contribution in [-0.2, 0) is 14.3 Å². The number of amides is 1. The van der Waals surface area contributed by atoms with Gasteiger partial charge in [-0.1, -0.05) is 12.1 Å². The van der Waals surface area contributed by atoms with Gasteiger partial charge in [-0.25, -0.2) is 4.79 Å². The maximum atomic E-state index is 12.1. The van der Waals surface area contributed by atoms with Crippen molar-refractivity contribution in [2.24, 2.45) is 0 Å². The van der Waals surface area contributed by atoms with Crippen LogP contribution in [0.15, 0.2) is 46.3 Å². The molecule has 24 heavy (non-hydrogen) atoms. The lowest BCUT2D eigenvalue weighted by Gasteiger charge is -2.13. The third kappa shape index (κ3) is 5.05. The van der Waals surface area contributed by atoms with Gasteiger partial charge in [0.25, 0.3) is 5.91 Å². The average Bonchev–Trinajstić information content (AvgIpc) is 2.99. The molecule has 1 aromatic heterocycles. The van der Waals surface area contributed by atoms with Crippen molar-refractivity contribution in [3.63, 3.8) is 0 Å². The molecule has 0 aliphatic rings. The van der Waals surface area contributed by atoms with E-state index >= 15 is 0 Å². The van der Waals surface area contributed by atoms with Gasteiger partial charge in [0.2, 0.25) is 0 Å². The van der Waals surface area contributed by atoms with Crippen LogP contribution in [-0.4, -0.2) is 18.0 Å². The topological polar surface area (TPSA) is 79.2 Å². The van der Waals surface area contributed by atoms with Crippen LogP contribution in [0.5, 0.6) is 0 Å². The molecule has 0 bridgehead atoms. The summed E-state index contributed by atoms with van der Waals surface area (Å²) in [4.78, 5) is 24.7. The van der Waals surface area contributed by atoms with Gasteiger partial charge in [-0.2, -0.15) is 5.26 Å². The van der Waals surface area contributed by atoms with Crippen LogP contribution in [0, 0.1) is 11.3 Å². The molecule has 0 fully saturated rings. The molecule has 0 aliphatic heterocycles. The van der Waals surface area contributed by atoms with Crippen LogP contribution in [0.4, 0.5) is 5.69 Å². The van der Waals surface area contributed by atoms with Crippen LogP contribution in [0.3, 0.4) is 0 Å². The highest BCUT2D eigenvalue weighted by atomic mass is 79.9. The number of benzene rings is 1. The van der Waals surface area contributed by atoms with E-state index in [9.17, 15) is 9.59 Å². The molecule has 0 saturated heterocycles. The molecule has 1 atom stereocenters. The molecule has 1 N–H and O–H groups in total. The van der Waals surface area contributed by atoms with E-state index in [-0.39, 0.29) is 0 Å². The van der Waals surface area contributed by atoms with E-state index in [4.69, 9.17) is 10.00 Å². The van der Waals surface area contributed by atoms with Crippen LogP contribution >= 0.6 is 27.3 Å². The van der Waals surface area contributed by atoms with Gasteiger partial charge >= 0.3 is 5.97 Å². The minimum absolute atomic E-state index is 0.340. The third-order valence-electron chi connectivity index (χ3n) is 2.95. The number of esters is 1. The average molecular weight is 405 g/mol. The van der Waals surface area contributed by atoms with Gasteiger partial charge in [-0.15, -0.1) is 11.3 Å². The summed E-state index contributed by atoms with van der Waals surface area (Å²) in [6.07, 6.45) is 1.91. The Bertz CT molecular complexity index is 823. The molecule has 0 aliphatic carbocycles. The van der Waals surface area contributed by atoms with Crippen molar-refractivity contribution >= 4 is 50.9 Å². The minimum atomic E-state index is -0.982. The van der Waals surface area contributed by atoms with Gasteiger partial charge in [-0.05, 0) is 53.2 Å². The van der Waals surface area contributed by atoms with Crippen molar-refractivity contribution in [3.8, 4) is 6.07 Å². The molecule has 2 aromatic rings. The smallest absolute Gasteiger partial charge is 0.331 e. The number of anilines is 1. The summed E-state index contributed by atoms with van der Waals surface area (Å²) in [5.74, 6) is -1.12. The predicted molar refractivity (Wildman–Crippen MR) is 96.4 cm³/mol. The molecule has 7 heteroatoms. The van der Waals surface area contributed by atoms with Crippen molar-refractivity contribution in [1.82, 2.24) is 0 Å². The van der Waals surface area contributed by atoms with Crippen LogP contribution in [0.2, 0.25) is 0 Å². The van der Waals surface area contributed by atoms with Crippen molar-refractivity contribution in [1.29, 1.82) is 5.26 Å². The summed E-state index contributed by atoms with van der Waals surface area (Å²) in [5, 5.41) is 11.6. The molecule has 0 radical (unpaired) electrons. The second-order valence-corrected chi connectivity index (χ2v) is 7.20. The number of carbonyl (C=O) groups excluding carboxylic acids is 2. The maximum Gasteiger partial charge on any atom is 0.331 e. The van der Waals surface area contributed by atoms with Gasteiger partial charge in [0.1, 0.15) is 6.07 Å². The number of carbonyl (C=O) groups is 2. The first-order valence-corrected chi connectivity index (χ1v) is 8.54. The third-order valence-corrected chi connectivity index (χ3v) is 4.53. The number of ether oxygens (including phenoxy) is 1. The number of nitrogens with zero attached hydrogens (tertiary/aromatic N) is 1. The second kappa shape index (κ2) is 8.43. The summed E-state index contributed by atoms with van der Waals surface area (Å²) in [7, 11) is 0. The molecular weight excluding hydrogens is 392 g/mol. The summed E-state index contributed by atoms with van der Waals surface area (Å²) >= 11 is 4.81. The number of thiophene rings is 1. The molecule has 0 spiro atoms. The summed E-state index contributed by atoms with van der Waals surface area (Å²) in [6, 6.07) is 12.3. The molecule has 0 saturated carbocycles. The van der Waals surface area contributed by atoms with Crippen LogP contribution in [0.25, 0.3) is 6.08 Å². The highest BCUT2D eigenvalue weighted by Gasteiger charge is 2.17. The number of nitrogens with one attached hydrogen (secondary N) is 1. The number of hydrogen-bond acceptors (Lipinski definition) is 5. The highest BCUT2D eigenvalue weighted by Crippen LogP contribution is 2.23. The van der Waals surface area contributed by atoms with Crippen molar-refractivity contribution in [2.45, 2.75) is 13.0 Å². The zero-order valence-electron chi connectivity index (χ0n) is 12.7. The fourth-order valence-corrected chi connectivity index (χ4v) is 3.09. The lowest BCUT2D eigenvalue weighted by molar-refractivity contribution is -0.148. The summed E-state index contributed by atoms with van der Waals surface area (Å²) in [5.41, 5.74) is 0.722. The lowest BCUT2D eigenvalue weighted by Crippen LogP contribution is -2.29. The normalized spacial score (nSPS) is 11.7. The second-order valence-electron chi connectivity index (χ2n) is 4.70. The van der Waals surface area contributed by atoms with E-state index < -0.39 is 18.0 Å². The van der Waals surface area contributed by atoms with Crippen LogP contribution in [0.1, 0.15) is 17.4 Å². The van der Waals surface area contributed by atoms with Gasteiger partial charge < -0.3 is 10.1 Å². The van der Waals surface area contributed by atoms with E-state index in [0.29, 0.717) is 11.3 Å². The molecule has 1 aromatic carbocycles. The SMILES string of the molecule is C[C@H](OC(=O)/C=C/c1ccc(Br)s1)C(=O)Nc1ccccc1C#N. The summed E-state index contributed by atoms with van der Waals surface area (Å²) < 4.78 is 6.02. The van der Waals surface area contributed by atoms with Crippen molar-refractivity contribution in [3.05, 3.63) is 56.7 Å². The monoisotopic (exact) mass is 404 g/mol. The quantitative estimate of drug-likeness (QED) is 0.603. The Morgan fingerprint density at radius 3 is 2.75 bits per heavy atom. The molecule has 1 heterocycles. The van der Waals surface area contributed by atoms with Gasteiger partial charge in [0.15, 0.2) is 6.10 Å². The standard InChI is InChI=1S/C17H13BrN2O3S/c1-11(17(22)20-14-5-3-2-4-12(14)10-19)23-16(21)9-7-13-6-8-15(18)24-13/h2-9,11H,1H3,(H,20,22)/b9-7+/t11-/m0/s1. The summed E-state index contributed by atoms with van der Waals surface area (Å²) in [6.45, 7) is 1.47. The number of hydrogen-bond donors (Lipinski definition) is 1. The first-order chi connectivity index (χ1) is 11.5. The zero-order valence-corrected chi connectivity index (χ0v) is 15.1. The highest BCUT2D eigenvalue weighted by molar-refractivity contribution is 9.11. The molecule has 1 amide bonds. The minimum Gasteiger partial charge on any atom is -0.449 e. The van der Waals surface area contributed by atoms with Gasteiger partial charge in [0.05, 0.1) is 15.0 Å². The molecule has 122 valence electrons. The van der Waals surface area contributed by atoms with Crippen molar-refractivity contribution in [2.75, 3.05) is 5.32 Å². The lowest BCUT2D eigenvalue weighted by atomic mass is 10.2. The Balaban J connectivity index is 1.92. The van der Waals surface area contributed by atoms with Crippen molar-refractivity contribution < 1.29 is 14.3 Å². The van der Waals surface area contributed by atoms with Gasteiger partial charge in [0, 0.05) is 11.0 Å². The zero-order chi connectivity index (χ0) is 17.5. The Labute approximate surface area is 151 Å². The Hall–Kier alpha value is -2.43. The first kappa shape index (κ1) is 17.9. The van der Waals surface area contributed by atoms with E-state index in [0.717, 1.165) is 8.66 Å². The Morgan fingerprint density at radius 1 is 1.33 bits per heavy atom. The predicted octanol–water partition coefficient (Wildman–Crippen LogP) is 3.97. The molecular formula is C17H13BrN2O3S. The molecule has 2 rings (SSSR count). The fraction of sp³-hybridized carbons (Fsp3) is 0.118. The van der Waals surface area contributed by atoms with Crippen LogP contribution < -0.4 is 5.32 Å². The van der Waals surface area contributed by atoms with E-state index in [1.165, 1.54) is 24.3 Å². The van der Waals surface area contributed by atoms with E-state index in [1.54, 1.807) is 30.3 Å². The van der Waals surface area contributed by atoms with E-state index in [2.05, 4.69) is 21.2 Å². The van der Waals surface area contributed by atoms with E-state index in [1.807, 2.05) is 18.2 Å². The molecule has 5 nitrogen and oxygen atoms in total.